The molecule has 0 aliphatic carbocycles. The Bertz CT molecular complexity index is 547. The zero-order valence-electron chi connectivity index (χ0n) is 13.1. The molecule has 0 bridgehead atoms. The van der Waals surface area contributed by atoms with Gasteiger partial charge in [-0.05, 0) is 44.9 Å². The lowest BCUT2D eigenvalue weighted by atomic mass is 10.1. The molecule has 0 fully saturated rings. The zero-order valence-corrected chi connectivity index (χ0v) is 13.1. The van der Waals surface area contributed by atoms with Gasteiger partial charge < -0.3 is 15.2 Å². The van der Waals surface area contributed by atoms with E-state index in [1.54, 1.807) is 0 Å². The number of aliphatic hydroxyl groups excluding tert-OH is 1. The first-order chi connectivity index (χ1) is 9.81. The molecule has 0 saturated heterocycles. The van der Waals surface area contributed by atoms with Crippen LogP contribution in [-0.4, -0.2) is 23.3 Å². The van der Waals surface area contributed by atoms with Gasteiger partial charge in [0.05, 0.1) is 6.61 Å². The van der Waals surface area contributed by atoms with Gasteiger partial charge in [0.1, 0.15) is 5.60 Å². The minimum absolute atomic E-state index is 0.0361. The number of aryl methyl sites for hydroxylation is 1. The van der Waals surface area contributed by atoms with Crippen molar-refractivity contribution in [1.29, 1.82) is 0 Å². The van der Waals surface area contributed by atoms with Crippen molar-refractivity contribution in [1.82, 2.24) is 5.32 Å². The first-order valence-corrected chi connectivity index (χ1v) is 6.98. The summed E-state index contributed by atoms with van der Waals surface area (Å²) < 4.78 is 5.13. The van der Waals surface area contributed by atoms with Gasteiger partial charge >= 0.3 is 6.09 Å². The summed E-state index contributed by atoms with van der Waals surface area (Å²) in [5, 5.41) is 11.7. The summed E-state index contributed by atoms with van der Waals surface area (Å²) in [4.78, 5) is 11.4. The molecule has 0 radical (unpaired) electrons. The highest BCUT2D eigenvalue weighted by Gasteiger charge is 2.15. The number of hydrogen-bond acceptors (Lipinski definition) is 3. The number of carbonyl (C=O) groups excluding carboxylic acids is 1. The number of carbonyl (C=O) groups is 1. The van der Waals surface area contributed by atoms with E-state index in [1.807, 2.05) is 45.9 Å². The predicted octanol–water partition coefficient (Wildman–Crippen LogP) is 2.75. The maximum Gasteiger partial charge on any atom is 0.407 e. The number of rotatable bonds is 3. The molecular weight excluding hydrogens is 266 g/mol. The van der Waals surface area contributed by atoms with E-state index in [0.717, 1.165) is 16.7 Å². The standard InChI is InChI=1S/C17H23NO3/c1-13-11-14(12-19)8-9-15(13)7-5-6-10-18-16(20)21-17(2,3)4/h8-9,11,19H,6,10,12H2,1-4H3,(H,18,20). The van der Waals surface area contributed by atoms with Crippen LogP contribution in [0.2, 0.25) is 0 Å². The summed E-state index contributed by atoms with van der Waals surface area (Å²) in [7, 11) is 0. The molecule has 4 nitrogen and oxygen atoms in total. The number of benzene rings is 1. The summed E-state index contributed by atoms with van der Waals surface area (Å²) in [6.45, 7) is 7.92. The molecule has 0 saturated carbocycles. The lowest BCUT2D eigenvalue weighted by Crippen LogP contribution is -2.32. The van der Waals surface area contributed by atoms with Gasteiger partial charge in [0.25, 0.3) is 0 Å². The Morgan fingerprint density at radius 1 is 1.38 bits per heavy atom. The minimum atomic E-state index is -0.485. The van der Waals surface area contributed by atoms with Gasteiger partial charge in [0.2, 0.25) is 0 Å². The van der Waals surface area contributed by atoms with Gasteiger partial charge in [-0.3, -0.25) is 0 Å². The Labute approximate surface area is 126 Å². The summed E-state index contributed by atoms with van der Waals surface area (Å²) >= 11 is 0. The number of alkyl carbamates (subject to hydrolysis) is 1. The number of nitrogens with one attached hydrogen (secondary N) is 1. The summed E-state index contributed by atoms with van der Waals surface area (Å²) in [6.07, 6.45) is 0.133. The maximum absolute atomic E-state index is 11.4. The molecule has 0 unspecified atom stereocenters. The minimum Gasteiger partial charge on any atom is -0.444 e. The van der Waals surface area contributed by atoms with Crippen LogP contribution < -0.4 is 5.32 Å². The third-order valence-electron chi connectivity index (χ3n) is 2.61. The van der Waals surface area contributed by atoms with Crippen LogP contribution in [0.25, 0.3) is 0 Å². The smallest absolute Gasteiger partial charge is 0.407 e. The highest BCUT2D eigenvalue weighted by Crippen LogP contribution is 2.10. The molecule has 1 rings (SSSR count). The van der Waals surface area contributed by atoms with E-state index >= 15 is 0 Å². The van der Waals surface area contributed by atoms with Crippen LogP contribution in [0.5, 0.6) is 0 Å². The monoisotopic (exact) mass is 289 g/mol. The average Bonchev–Trinajstić information content (AvgIpc) is 2.37. The number of hydrogen-bond donors (Lipinski definition) is 2. The Balaban J connectivity index is 2.42. The van der Waals surface area contributed by atoms with E-state index < -0.39 is 11.7 Å². The van der Waals surface area contributed by atoms with Crippen molar-refractivity contribution < 1.29 is 14.6 Å². The molecule has 0 spiro atoms. The first-order valence-electron chi connectivity index (χ1n) is 6.98. The van der Waals surface area contributed by atoms with Crippen molar-refractivity contribution in [3.63, 3.8) is 0 Å². The van der Waals surface area contributed by atoms with Crippen molar-refractivity contribution >= 4 is 6.09 Å². The number of amides is 1. The second kappa shape index (κ2) is 7.70. The van der Waals surface area contributed by atoms with Gasteiger partial charge in [-0.15, -0.1) is 0 Å². The van der Waals surface area contributed by atoms with Crippen molar-refractivity contribution in [3.05, 3.63) is 34.9 Å². The van der Waals surface area contributed by atoms with Crippen LogP contribution in [0.15, 0.2) is 18.2 Å². The fraction of sp³-hybridized carbons (Fsp3) is 0.471. The van der Waals surface area contributed by atoms with Crippen molar-refractivity contribution in [2.75, 3.05) is 6.54 Å². The third-order valence-corrected chi connectivity index (χ3v) is 2.61. The molecule has 0 heterocycles. The molecule has 1 aromatic rings. The van der Waals surface area contributed by atoms with Crippen LogP contribution >= 0.6 is 0 Å². The average molecular weight is 289 g/mol. The SMILES string of the molecule is Cc1cc(CO)ccc1C#CCCNC(=O)OC(C)(C)C. The molecule has 0 aliphatic heterocycles. The van der Waals surface area contributed by atoms with Crippen molar-refractivity contribution in [2.24, 2.45) is 0 Å². The zero-order chi connectivity index (χ0) is 15.9. The molecule has 21 heavy (non-hydrogen) atoms. The third kappa shape index (κ3) is 6.82. The molecule has 2 N–H and O–H groups in total. The van der Waals surface area contributed by atoms with E-state index in [4.69, 9.17) is 9.84 Å². The first kappa shape index (κ1) is 17.1. The molecule has 114 valence electrons. The van der Waals surface area contributed by atoms with Crippen LogP contribution in [0.4, 0.5) is 4.79 Å². The van der Waals surface area contributed by atoms with Crippen molar-refractivity contribution in [3.8, 4) is 11.8 Å². The Hall–Kier alpha value is -1.99. The van der Waals surface area contributed by atoms with E-state index in [2.05, 4.69) is 17.2 Å². The topological polar surface area (TPSA) is 58.6 Å². The highest BCUT2D eigenvalue weighted by molar-refractivity contribution is 5.67. The second-order valence-corrected chi connectivity index (χ2v) is 5.79. The van der Waals surface area contributed by atoms with Crippen molar-refractivity contribution in [2.45, 2.75) is 46.3 Å². The summed E-state index contributed by atoms with van der Waals surface area (Å²) in [5.41, 5.74) is 2.37. The summed E-state index contributed by atoms with van der Waals surface area (Å²) in [6, 6.07) is 5.67. The largest absolute Gasteiger partial charge is 0.444 e. The Kier molecular flexibility index (Phi) is 6.26. The second-order valence-electron chi connectivity index (χ2n) is 5.79. The van der Waals surface area contributed by atoms with E-state index in [1.165, 1.54) is 0 Å². The highest BCUT2D eigenvalue weighted by atomic mass is 16.6. The fourth-order valence-electron chi connectivity index (χ4n) is 1.66. The van der Waals surface area contributed by atoms with Gasteiger partial charge in [-0.2, -0.15) is 0 Å². The van der Waals surface area contributed by atoms with E-state index in [0.29, 0.717) is 13.0 Å². The molecule has 0 atom stereocenters. The lowest BCUT2D eigenvalue weighted by molar-refractivity contribution is 0.0529. The normalized spacial score (nSPS) is 10.5. The molecule has 4 heteroatoms. The van der Waals surface area contributed by atoms with E-state index in [9.17, 15) is 4.79 Å². The molecule has 0 aliphatic rings. The van der Waals surface area contributed by atoms with Gasteiger partial charge in [0, 0.05) is 18.5 Å². The molecular formula is C17H23NO3. The number of ether oxygens (including phenoxy) is 1. The molecule has 1 aromatic carbocycles. The van der Waals surface area contributed by atoms with Crippen LogP contribution in [-0.2, 0) is 11.3 Å². The molecule has 1 amide bonds. The van der Waals surface area contributed by atoms with Gasteiger partial charge in [-0.1, -0.05) is 24.0 Å². The summed E-state index contributed by atoms with van der Waals surface area (Å²) in [5.74, 6) is 6.08. The fourth-order valence-corrected chi connectivity index (χ4v) is 1.66. The maximum atomic E-state index is 11.4. The van der Waals surface area contributed by atoms with Crippen LogP contribution in [0.1, 0.15) is 43.9 Å². The number of aliphatic hydroxyl groups is 1. The Morgan fingerprint density at radius 3 is 2.67 bits per heavy atom. The Morgan fingerprint density at radius 2 is 2.10 bits per heavy atom. The quantitative estimate of drug-likeness (QED) is 0.664. The van der Waals surface area contributed by atoms with Gasteiger partial charge in [0.15, 0.2) is 0 Å². The molecule has 0 aromatic heterocycles. The van der Waals surface area contributed by atoms with Crippen LogP contribution in [0.3, 0.4) is 0 Å². The predicted molar refractivity (Wildman–Crippen MR) is 82.8 cm³/mol. The lowest BCUT2D eigenvalue weighted by Gasteiger charge is -2.19. The van der Waals surface area contributed by atoms with Gasteiger partial charge in [-0.25, -0.2) is 4.79 Å². The van der Waals surface area contributed by atoms with Crippen LogP contribution in [0, 0.1) is 18.8 Å². The van der Waals surface area contributed by atoms with E-state index in [-0.39, 0.29) is 6.61 Å².